The molecule has 2 N–H and O–H groups in total. The minimum absolute atomic E-state index is 0.0872. The number of benzene rings is 1. The van der Waals surface area contributed by atoms with Crippen molar-refractivity contribution in [2.24, 2.45) is 5.92 Å². The molecule has 4 rings (SSSR count). The molecule has 1 saturated carbocycles. The van der Waals surface area contributed by atoms with Crippen molar-refractivity contribution in [3.8, 4) is 0 Å². The zero-order chi connectivity index (χ0) is 20.3. The molecule has 7 heteroatoms. The lowest BCUT2D eigenvalue weighted by Gasteiger charge is -2.34. The van der Waals surface area contributed by atoms with E-state index in [9.17, 15) is 8.42 Å². The Labute approximate surface area is 174 Å². The highest BCUT2D eigenvalue weighted by Gasteiger charge is 2.26. The van der Waals surface area contributed by atoms with Gasteiger partial charge in [-0.3, -0.25) is 0 Å². The van der Waals surface area contributed by atoms with Gasteiger partial charge in [-0.05, 0) is 82.5 Å². The van der Waals surface area contributed by atoms with Crippen LogP contribution in [0.5, 0.6) is 0 Å². The Kier molecular flexibility index (Phi) is 6.59. The van der Waals surface area contributed by atoms with Gasteiger partial charge in [0.2, 0.25) is 0 Å². The number of rotatable bonds is 7. The van der Waals surface area contributed by atoms with E-state index in [0.717, 1.165) is 56.8 Å². The summed E-state index contributed by atoms with van der Waals surface area (Å²) < 4.78 is 34.1. The average Bonchev–Trinajstić information content (AvgIpc) is 3.18. The predicted octanol–water partition coefficient (Wildman–Crippen LogP) is 3.61. The van der Waals surface area contributed by atoms with Crippen LogP contribution < -0.4 is 9.44 Å². The number of para-hydroxylation sites is 1. The second-order valence-corrected chi connectivity index (χ2v) is 10.3. The first-order chi connectivity index (χ1) is 14.0. The van der Waals surface area contributed by atoms with Gasteiger partial charge in [0.25, 0.3) is 10.2 Å². The molecule has 0 spiro atoms. The molecule has 2 fully saturated rings. The van der Waals surface area contributed by atoms with Crippen LogP contribution in [0, 0.1) is 5.92 Å². The Morgan fingerprint density at radius 1 is 1.07 bits per heavy atom. The molecule has 2 aliphatic rings. The van der Waals surface area contributed by atoms with Gasteiger partial charge in [0, 0.05) is 24.0 Å². The third-order valence-corrected chi connectivity index (χ3v) is 8.01. The molecule has 1 aliphatic heterocycles. The topological polar surface area (TPSA) is 74.6 Å². The summed E-state index contributed by atoms with van der Waals surface area (Å²) in [5.74, 6) is 1.33. The standard InChI is InChI=1S/C22H33N3O3S/c1-23-29(26,27)24-19-8-6-17(7-9-19)10-13-25-14-11-18(12-15-25)21-16-28-22-5-3-2-4-20(21)22/h2-5,16-19,23-24H,6-15H2,1H3/t17-,19-. The molecule has 0 amide bonds. The summed E-state index contributed by atoms with van der Waals surface area (Å²) in [6.45, 7) is 3.47. The van der Waals surface area contributed by atoms with E-state index >= 15 is 0 Å². The quantitative estimate of drug-likeness (QED) is 0.719. The van der Waals surface area contributed by atoms with Crippen molar-refractivity contribution in [2.75, 3.05) is 26.7 Å². The molecule has 6 nitrogen and oxygen atoms in total. The monoisotopic (exact) mass is 419 g/mol. The van der Waals surface area contributed by atoms with Gasteiger partial charge in [0.05, 0.1) is 6.26 Å². The van der Waals surface area contributed by atoms with E-state index in [4.69, 9.17) is 4.42 Å². The molecule has 2 heterocycles. The molecular weight excluding hydrogens is 386 g/mol. The molecule has 0 bridgehead atoms. The number of nitrogens with zero attached hydrogens (tertiary/aromatic N) is 1. The summed E-state index contributed by atoms with van der Waals surface area (Å²) in [6.07, 6.45) is 9.71. The predicted molar refractivity (Wildman–Crippen MR) is 116 cm³/mol. The Bertz CT molecular complexity index is 895. The maximum Gasteiger partial charge on any atom is 0.276 e. The largest absolute Gasteiger partial charge is 0.464 e. The Morgan fingerprint density at radius 3 is 2.52 bits per heavy atom. The van der Waals surface area contributed by atoms with E-state index < -0.39 is 10.2 Å². The third kappa shape index (κ3) is 5.20. The lowest BCUT2D eigenvalue weighted by Crippen LogP contribution is -2.43. The molecule has 160 valence electrons. The third-order valence-electron chi connectivity index (χ3n) is 6.83. The summed E-state index contributed by atoms with van der Waals surface area (Å²) in [6, 6.07) is 8.43. The highest BCUT2D eigenvalue weighted by molar-refractivity contribution is 7.87. The number of hydrogen-bond donors (Lipinski definition) is 2. The van der Waals surface area contributed by atoms with Crippen molar-refractivity contribution < 1.29 is 12.8 Å². The molecular formula is C22H33N3O3S. The minimum atomic E-state index is -3.32. The number of hydrogen-bond acceptors (Lipinski definition) is 4. The van der Waals surface area contributed by atoms with Crippen LogP contribution in [0.4, 0.5) is 0 Å². The van der Waals surface area contributed by atoms with Crippen LogP contribution in [-0.2, 0) is 10.2 Å². The van der Waals surface area contributed by atoms with E-state index in [1.807, 2.05) is 18.4 Å². The fraction of sp³-hybridized carbons (Fsp3) is 0.636. The molecule has 1 aromatic carbocycles. The average molecular weight is 420 g/mol. The van der Waals surface area contributed by atoms with Gasteiger partial charge in [-0.25, -0.2) is 4.72 Å². The van der Waals surface area contributed by atoms with Gasteiger partial charge >= 0.3 is 0 Å². The van der Waals surface area contributed by atoms with Crippen LogP contribution in [0.1, 0.15) is 56.4 Å². The van der Waals surface area contributed by atoms with Gasteiger partial charge in [-0.1, -0.05) is 18.2 Å². The summed E-state index contributed by atoms with van der Waals surface area (Å²) in [4.78, 5) is 2.61. The lowest BCUT2D eigenvalue weighted by atomic mass is 9.84. The summed E-state index contributed by atoms with van der Waals surface area (Å²) in [5, 5.41) is 1.27. The van der Waals surface area contributed by atoms with Crippen molar-refractivity contribution in [3.05, 3.63) is 36.1 Å². The molecule has 29 heavy (non-hydrogen) atoms. The highest BCUT2D eigenvalue weighted by Crippen LogP contribution is 2.35. The van der Waals surface area contributed by atoms with Gasteiger partial charge in [0.15, 0.2) is 0 Å². The normalized spacial score (nSPS) is 24.9. The summed E-state index contributed by atoms with van der Waals surface area (Å²) in [7, 11) is -1.87. The maximum absolute atomic E-state index is 11.6. The zero-order valence-corrected chi connectivity index (χ0v) is 18.1. The number of likely N-dealkylation sites (tertiary alicyclic amines) is 1. The molecule has 1 aromatic heterocycles. The lowest BCUT2D eigenvalue weighted by molar-refractivity contribution is 0.185. The molecule has 0 atom stereocenters. The van der Waals surface area contributed by atoms with Crippen molar-refractivity contribution in [1.82, 2.24) is 14.3 Å². The number of nitrogens with one attached hydrogen (secondary N) is 2. The van der Waals surface area contributed by atoms with E-state index in [1.54, 1.807) is 0 Å². The molecule has 1 saturated heterocycles. The first-order valence-corrected chi connectivity index (χ1v) is 12.4. The second-order valence-electron chi connectivity index (χ2n) is 8.63. The summed E-state index contributed by atoms with van der Waals surface area (Å²) in [5.41, 5.74) is 2.38. The number of furan rings is 1. The fourth-order valence-electron chi connectivity index (χ4n) is 4.99. The molecule has 2 aromatic rings. The van der Waals surface area contributed by atoms with Gasteiger partial charge in [0.1, 0.15) is 5.58 Å². The van der Waals surface area contributed by atoms with Crippen molar-refractivity contribution >= 4 is 21.2 Å². The first-order valence-electron chi connectivity index (χ1n) is 10.9. The smallest absolute Gasteiger partial charge is 0.276 e. The van der Waals surface area contributed by atoms with Gasteiger partial charge in [-0.2, -0.15) is 13.1 Å². The van der Waals surface area contributed by atoms with E-state index in [-0.39, 0.29) is 6.04 Å². The van der Waals surface area contributed by atoms with Crippen LogP contribution in [0.25, 0.3) is 11.0 Å². The van der Waals surface area contributed by atoms with Crippen LogP contribution >= 0.6 is 0 Å². The van der Waals surface area contributed by atoms with E-state index in [1.165, 1.54) is 37.3 Å². The van der Waals surface area contributed by atoms with Crippen LogP contribution in [0.15, 0.2) is 34.9 Å². The SMILES string of the molecule is CNS(=O)(=O)N[C@H]1CC[C@H](CCN2CCC(c3coc4ccccc34)CC2)CC1. The Morgan fingerprint density at radius 2 is 1.79 bits per heavy atom. The van der Waals surface area contributed by atoms with Crippen molar-refractivity contribution in [3.63, 3.8) is 0 Å². The fourth-order valence-corrected chi connectivity index (χ4v) is 5.79. The van der Waals surface area contributed by atoms with E-state index in [0.29, 0.717) is 5.92 Å². The number of piperidine rings is 1. The Hall–Kier alpha value is -1.41. The Balaban J connectivity index is 1.19. The first kappa shape index (κ1) is 20.8. The molecule has 0 unspecified atom stereocenters. The molecule has 1 aliphatic carbocycles. The van der Waals surface area contributed by atoms with Crippen molar-refractivity contribution in [1.29, 1.82) is 0 Å². The van der Waals surface area contributed by atoms with Crippen LogP contribution in [0.3, 0.4) is 0 Å². The van der Waals surface area contributed by atoms with Crippen LogP contribution in [-0.4, -0.2) is 46.0 Å². The summed E-state index contributed by atoms with van der Waals surface area (Å²) >= 11 is 0. The van der Waals surface area contributed by atoms with E-state index in [2.05, 4.69) is 26.5 Å². The second kappa shape index (κ2) is 9.16. The zero-order valence-electron chi connectivity index (χ0n) is 17.3. The highest BCUT2D eigenvalue weighted by atomic mass is 32.2. The maximum atomic E-state index is 11.6. The minimum Gasteiger partial charge on any atom is -0.464 e. The number of fused-ring (bicyclic) bond motifs is 1. The van der Waals surface area contributed by atoms with Crippen LogP contribution in [0.2, 0.25) is 0 Å². The van der Waals surface area contributed by atoms with Gasteiger partial charge in [-0.15, -0.1) is 0 Å². The molecule has 0 radical (unpaired) electrons. The van der Waals surface area contributed by atoms with Gasteiger partial charge < -0.3 is 9.32 Å². The van der Waals surface area contributed by atoms with Crippen molar-refractivity contribution in [2.45, 2.75) is 56.9 Å².